The molecule has 0 heterocycles. The highest BCUT2D eigenvalue weighted by Crippen LogP contribution is 2.22. The number of halogens is 1. The van der Waals surface area contributed by atoms with Crippen molar-refractivity contribution in [3.05, 3.63) is 59.4 Å². The van der Waals surface area contributed by atoms with Crippen molar-refractivity contribution in [1.29, 1.82) is 0 Å². The molecule has 0 unspecified atom stereocenters. The van der Waals surface area contributed by atoms with E-state index < -0.39 is 6.10 Å². The Labute approximate surface area is 148 Å². The van der Waals surface area contributed by atoms with Gasteiger partial charge in [0.05, 0.1) is 6.54 Å². The SMILES string of the molecule is CC[C@H](Oc1cccc(C)c1C)C(=O)NCCOc1ccc(F)cc1. The largest absolute Gasteiger partial charge is 0.492 e. The minimum Gasteiger partial charge on any atom is -0.492 e. The Kier molecular flexibility index (Phi) is 6.81. The summed E-state index contributed by atoms with van der Waals surface area (Å²) < 4.78 is 24.1. The molecule has 0 radical (unpaired) electrons. The Morgan fingerprint density at radius 2 is 1.88 bits per heavy atom. The standard InChI is InChI=1S/C20H24FNO3/c1-4-18(25-19-7-5-6-14(2)15(19)3)20(23)22-12-13-24-17-10-8-16(21)9-11-17/h5-11,18H,4,12-13H2,1-3H3,(H,22,23)/t18-/m0/s1. The van der Waals surface area contributed by atoms with Crippen LogP contribution in [-0.2, 0) is 4.79 Å². The highest BCUT2D eigenvalue weighted by atomic mass is 19.1. The summed E-state index contributed by atoms with van der Waals surface area (Å²) in [6, 6.07) is 11.6. The smallest absolute Gasteiger partial charge is 0.261 e. The molecule has 0 aliphatic rings. The van der Waals surface area contributed by atoms with Crippen molar-refractivity contribution in [2.75, 3.05) is 13.2 Å². The molecule has 0 bridgehead atoms. The van der Waals surface area contributed by atoms with Gasteiger partial charge in [0.1, 0.15) is 23.9 Å². The van der Waals surface area contributed by atoms with Crippen molar-refractivity contribution in [2.24, 2.45) is 0 Å². The van der Waals surface area contributed by atoms with E-state index in [-0.39, 0.29) is 11.7 Å². The first-order valence-electron chi connectivity index (χ1n) is 8.40. The second-order valence-electron chi connectivity index (χ2n) is 5.81. The highest BCUT2D eigenvalue weighted by molar-refractivity contribution is 5.81. The fourth-order valence-corrected chi connectivity index (χ4v) is 2.32. The number of carbonyl (C=O) groups is 1. The first-order chi connectivity index (χ1) is 12.0. The predicted molar refractivity (Wildman–Crippen MR) is 95.5 cm³/mol. The molecule has 5 heteroatoms. The minimum atomic E-state index is -0.550. The molecular formula is C20H24FNO3. The van der Waals surface area contributed by atoms with E-state index in [1.807, 2.05) is 39.0 Å². The Bertz CT molecular complexity index is 701. The average molecular weight is 345 g/mol. The van der Waals surface area contributed by atoms with Crippen LogP contribution in [0.2, 0.25) is 0 Å². The number of ether oxygens (including phenoxy) is 2. The van der Waals surface area contributed by atoms with E-state index in [0.717, 1.165) is 16.9 Å². The zero-order chi connectivity index (χ0) is 18.2. The van der Waals surface area contributed by atoms with Gasteiger partial charge in [-0.3, -0.25) is 4.79 Å². The summed E-state index contributed by atoms with van der Waals surface area (Å²) in [7, 11) is 0. The second-order valence-corrected chi connectivity index (χ2v) is 5.81. The van der Waals surface area contributed by atoms with Gasteiger partial charge in [0.25, 0.3) is 5.91 Å². The van der Waals surface area contributed by atoms with Gasteiger partial charge in [0.15, 0.2) is 6.10 Å². The molecule has 25 heavy (non-hydrogen) atoms. The summed E-state index contributed by atoms with van der Waals surface area (Å²) in [4.78, 5) is 12.3. The number of amides is 1. The van der Waals surface area contributed by atoms with Gasteiger partial charge in [-0.25, -0.2) is 4.39 Å². The molecular weight excluding hydrogens is 321 g/mol. The van der Waals surface area contributed by atoms with Gasteiger partial charge in [-0.2, -0.15) is 0 Å². The van der Waals surface area contributed by atoms with Gasteiger partial charge in [-0.15, -0.1) is 0 Å². The lowest BCUT2D eigenvalue weighted by atomic mass is 10.1. The normalized spacial score (nSPS) is 11.7. The quantitative estimate of drug-likeness (QED) is 0.741. The number of carbonyl (C=O) groups excluding carboxylic acids is 1. The van der Waals surface area contributed by atoms with Crippen molar-refractivity contribution in [1.82, 2.24) is 5.32 Å². The lowest BCUT2D eigenvalue weighted by Crippen LogP contribution is -2.39. The first kappa shape index (κ1) is 18.8. The predicted octanol–water partition coefficient (Wildman–Crippen LogP) is 3.80. The molecule has 0 spiro atoms. The van der Waals surface area contributed by atoms with Crippen LogP contribution in [0.1, 0.15) is 24.5 Å². The van der Waals surface area contributed by atoms with Crippen LogP contribution < -0.4 is 14.8 Å². The molecule has 134 valence electrons. The molecule has 0 fully saturated rings. The van der Waals surface area contributed by atoms with Crippen LogP contribution in [0.3, 0.4) is 0 Å². The number of hydrogen-bond acceptors (Lipinski definition) is 3. The molecule has 1 atom stereocenters. The molecule has 4 nitrogen and oxygen atoms in total. The summed E-state index contributed by atoms with van der Waals surface area (Å²) in [5.74, 6) is 0.806. The number of aryl methyl sites for hydroxylation is 1. The summed E-state index contributed by atoms with van der Waals surface area (Å²) in [6.45, 7) is 6.55. The van der Waals surface area contributed by atoms with E-state index in [4.69, 9.17) is 9.47 Å². The minimum absolute atomic E-state index is 0.175. The van der Waals surface area contributed by atoms with Crippen LogP contribution in [0.15, 0.2) is 42.5 Å². The van der Waals surface area contributed by atoms with E-state index in [0.29, 0.717) is 25.3 Å². The average Bonchev–Trinajstić information content (AvgIpc) is 2.61. The summed E-state index contributed by atoms with van der Waals surface area (Å²) >= 11 is 0. The fourth-order valence-electron chi connectivity index (χ4n) is 2.32. The molecule has 0 aliphatic heterocycles. The molecule has 1 N–H and O–H groups in total. The number of nitrogens with one attached hydrogen (secondary N) is 1. The molecule has 0 aromatic heterocycles. The van der Waals surface area contributed by atoms with Gasteiger partial charge >= 0.3 is 0 Å². The monoisotopic (exact) mass is 345 g/mol. The van der Waals surface area contributed by atoms with Gasteiger partial charge in [0.2, 0.25) is 0 Å². The van der Waals surface area contributed by atoms with Crippen molar-refractivity contribution in [3.63, 3.8) is 0 Å². The Balaban J connectivity index is 1.81. The van der Waals surface area contributed by atoms with E-state index in [2.05, 4.69) is 5.32 Å². The third-order valence-electron chi connectivity index (χ3n) is 3.97. The first-order valence-corrected chi connectivity index (χ1v) is 8.40. The topological polar surface area (TPSA) is 47.6 Å². The maximum Gasteiger partial charge on any atom is 0.261 e. The summed E-state index contributed by atoms with van der Waals surface area (Å²) in [5, 5.41) is 2.81. The van der Waals surface area contributed by atoms with Gasteiger partial charge in [0, 0.05) is 0 Å². The number of hydrogen-bond donors (Lipinski definition) is 1. The molecule has 0 aliphatic carbocycles. The summed E-state index contributed by atoms with van der Waals surface area (Å²) in [5.41, 5.74) is 2.16. The van der Waals surface area contributed by atoms with E-state index >= 15 is 0 Å². The van der Waals surface area contributed by atoms with Crippen LogP contribution >= 0.6 is 0 Å². The zero-order valence-electron chi connectivity index (χ0n) is 14.8. The van der Waals surface area contributed by atoms with Gasteiger partial charge in [-0.05, 0) is 61.7 Å². The van der Waals surface area contributed by atoms with Crippen molar-refractivity contribution in [2.45, 2.75) is 33.3 Å². The second kappa shape index (κ2) is 9.06. The fraction of sp³-hybridized carbons (Fsp3) is 0.350. The van der Waals surface area contributed by atoms with Crippen LogP contribution in [0.25, 0.3) is 0 Å². The maximum absolute atomic E-state index is 12.8. The van der Waals surface area contributed by atoms with Crippen molar-refractivity contribution in [3.8, 4) is 11.5 Å². The maximum atomic E-state index is 12.8. The number of benzene rings is 2. The number of rotatable bonds is 8. The van der Waals surface area contributed by atoms with Crippen LogP contribution in [0.5, 0.6) is 11.5 Å². The molecule has 1 amide bonds. The van der Waals surface area contributed by atoms with E-state index in [1.165, 1.54) is 12.1 Å². The van der Waals surface area contributed by atoms with Crippen molar-refractivity contribution < 1.29 is 18.7 Å². The van der Waals surface area contributed by atoms with Crippen LogP contribution in [-0.4, -0.2) is 25.2 Å². The summed E-state index contributed by atoms with van der Waals surface area (Å²) in [6.07, 6.45) is 0.0178. The third-order valence-corrected chi connectivity index (χ3v) is 3.97. The molecule has 2 rings (SSSR count). The highest BCUT2D eigenvalue weighted by Gasteiger charge is 2.19. The molecule has 0 saturated heterocycles. The van der Waals surface area contributed by atoms with Gasteiger partial charge < -0.3 is 14.8 Å². The van der Waals surface area contributed by atoms with Crippen molar-refractivity contribution >= 4 is 5.91 Å². The van der Waals surface area contributed by atoms with Crippen LogP contribution in [0, 0.1) is 19.7 Å². The lowest BCUT2D eigenvalue weighted by Gasteiger charge is -2.19. The van der Waals surface area contributed by atoms with E-state index in [1.54, 1.807) is 12.1 Å². The van der Waals surface area contributed by atoms with Gasteiger partial charge in [-0.1, -0.05) is 19.1 Å². The zero-order valence-corrected chi connectivity index (χ0v) is 14.8. The third kappa shape index (κ3) is 5.48. The lowest BCUT2D eigenvalue weighted by molar-refractivity contribution is -0.128. The Hall–Kier alpha value is -2.56. The Morgan fingerprint density at radius 3 is 2.56 bits per heavy atom. The molecule has 0 saturated carbocycles. The Morgan fingerprint density at radius 1 is 1.16 bits per heavy atom. The molecule has 2 aromatic rings. The van der Waals surface area contributed by atoms with Crippen LogP contribution in [0.4, 0.5) is 4.39 Å². The molecule has 2 aromatic carbocycles. The van der Waals surface area contributed by atoms with E-state index in [9.17, 15) is 9.18 Å².